The third-order valence-corrected chi connectivity index (χ3v) is 8.53. The van der Waals surface area contributed by atoms with Gasteiger partial charge < -0.3 is 14.2 Å². The molecule has 0 heterocycles. The van der Waals surface area contributed by atoms with Gasteiger partial charge in [0.1, 0.15) is 0 Å². The average molecular weight is 627 g/mol. The van der Waals surface area contributed by atoms with Crippen molar-refractivity contribution in [1.29, 1.82) is 0 Å². The Hall–Kier alpha value is -0.960. The summed E-state index contributed by atoms with van der Waals surface area (Å²) in [4.78, 5) is 0. The van der Waals surface area contributed by atoms with Gasteiger partial charge in [0, 0.05) is 18.4 Å². The molecular weight excluding hydrogens is 588 g/mol. The van der Waals surface area contributed by atoms with Crippen LogP contribution in [0.15, 0.2) is 0 Å². The second-order valence-electron chi connectivity index (χ2n) is 11.1. The Labute approximate surface area is 231 Å². The van der Waals surface area contributed by atoms with Crippen LogP contribution in [0.5, 0.6) is 0 Å². The lowest BCUT2D eigenvalue weighted by atomic mass is 9.67. The van der Waals surface area contributed by atoms with Crippen LogP contribution in [-0.2, 0) is 14.2 Å². The molecule has 1 atom stereocenters. The van der Waals surface area contributed by atoms with Crippen molar-refractivity contribution in [2.45, 2.75) is 126 Å². The highest BCUT2D eigenvalue weighted by molar-refractivity contribution is 5.07. The molecule has 0 N–H and O–H groups in total. The Balaban J connectivity index is 2.31. The summed E-state index contributed by atoms with van der Waals surface area (Å²) in [5, 5.41) is 0. The van der Waals surface area contributed by atoms with Crippen molar-refractivity contribution < 1.29 is 66.9 Å². The van der Waals surface area contributed by atoms with E-state index < -0.39 is 99.4 Å². The Morgan fingerprint density at radius 2 is 0.951 bits per heavy atom. The van der Waals surface area contributed by atoms with Crippen molar-refractivity contribution in [2.75, 3.05) is 19.8 Å². The molecule has 0 amide bonds. The van der Waals surface area contributed by atoms with E-state index in [1.807, 2.05) is 0 Å². The summed E-state index contributed by atoms with van der Waals surface area (Å²) in [5.41, 5.74) is -9.51. The summed E-state index contributed by atoms with van der Waals surface area (Å²) >= 11 is 0. The molecule has 2 aliphatic carbocycles. The SMILES string of the molecule is CCC(C)OCCOC(C1CCC(C(OCCC2CCCCC2)(C(F)(F)F)C(F)(F)F)CC1)(C(F)(F)F)C(F)(F)F. The smallest absolute Gasteiger partial charge is 0.376 e. The lowest BCUT2D eigenvalue weighted by Crippen LogP contribution is -2.66. The monoisotopic (exact) mass is 626 g/mol. The lowest BCUT2D eigenvalue weighted by molar-refractivity contribution is -0.412. The van der Waals surface area contributed by atoms with Gasteiger partial charge in [-0.25, -0.2) is 0 Å². The van der Waals surface area contributed by atoms with E-state index in [0.717, 1.165) is 19.3 Å². The van der Waals surface area contributed by atoms with Crippen LogP contribution >= 0.6 is 0 Å². The van der Waals surface area contributed by atoms with Crippen LogP contribution in [0.1, 0.15) is 84.5 Å². The summed E-state index contributed by atoms with van der Waals surface area (Å²) in [6.45, 7) is 0.549. The van der Waals surface area contributed by atoms with E-state index in [-0.39, 0.29) is 12.3 Å². The molecule has 2 rings (SSSR count). The molecule has 2 saturated carbocycles. The van der Waals surface area contributed by atoms with Gasteiger partial charge in [0.15, 0.2) is 0 Å². The van der Waals surface area contributed by atoms with Gasteiger partial charge in [-0.3, -0.25) is 0 Å². The standard InChI is InChI=1S/C26H38F12O3/c1-3-17(2)39-15-16-41-22(25(33,34)35,26(36,37)38)20-11-9-19(10-12-20)21(23(27,28)29,24(30,31)32)40-14-13-18-7-5-4-6-8-18/h17-20H,3-16H2,1-2H3. The number of alkyl halides is 12. The van der Waals surface area contributed by atoms with Gasteiger partial charge in [0.05, 0.1) is 19.3 Å². The Morgan fingerprint density at radius 3 is 1.32 bits per heavy atom. The van der Waals surface area contributed by atoms with Crippen molar-refractivity contribution in [3.05, 3.63) is 0 Å². The summed E-state index contributed by atoms with van der Waals surface area (Å²) in [6.07, 6.45) is -25.5. The highest BCUT2D eigenvalue weighted by Gasteiger charge is 2.78. The number of ether oxygens (including phenoxy) is 3. The first-order valence-electron chi connectivity index (χ1n) is 13.9. The van der Waals surface area contributed by atoms with Gasteiger partial charge in [-0.15, -0.1) is 0 Å². The fourth-order valence-electron chi connectivity index (χ4n) is 6.15. The van der Waals surface area contributed by atoms with E-state index in [1.54, 1.807) is 6.92 Å². The van der Waals surface area contributed by atoms with E-state index in [2.05, 4.69) is 9.47 Å². The molecule has 0 aromatic heterocycles. The van der Waals surface area contributed by atoms with Crippen LogP contribution in [0.3, 0.4) is 0 Å². The molecule has 0 spiro atoms. The molecule has 1 unspecified atom stereocenters. The minimum atomic E-state index is -6.05. The zero-order valence-corrected chi connectivity index (χ0v) is 23.0. The molecule has 2 aliphatic rings. The summed E-state index contributed by atoms with van der Waals surface area (Å²) in [7, 11) is 0. The lowest BCUT2D eigenvalue weighted by Gasteiger charge is -2.49. The minimum absolute atomic E-state index is 0.0684. The Kier molecular flexibility index (Phi) is 12.2. The van der Waals surface area contributed by atoms with Crippen molar-refractivity contribution in [3.8, 4) is 0 Å². The summed E-state index contributed by atoms with van der Waals surface area (Å²) in [5.74, 6) is -5.03. The van der Waals surface area contributed by atoms with Gasteiger partial charge in [-0.1, -0.05) is 39.0 Å². The van der Waals surface area contributed by atoms with Gasteiger partial charge in [0.2, 0.25) is 0 Å². The van der Waals surface area contributed by atoms with Crippen LogP contribution in [0, 0.1) is 17.8 Å². The van der Waals surface area contributed by atoms with Gasteiger partial charge in [-0.2, -0.15) is 52.7 Å². The van der Waals surface area contributed by atoms with Crippen LogP contribution < -0.4 is 0 Å². The van der Waals surface area contributed by atoms with E-state index >= 15 is 0 Å². The fraction of sp³-hybridized carbons (Fsp3) is 1.00. The molecule has 244 valence electrons. The van der Waals surface area contributed by atoms with Crippen molar-refractivity contribution in [3.63, 3.8) is 0 Å². The highest BCUT2D eigenvalue weighted by atomic mass is 19.4. The first kappa shape index (κ1) is 36.2. The quantitative estimate of drug-likeness (QED) is 0.160. The Bertz CT molecular complexity index is 749. The molecule has 15 heteroatoms. The summed E-state index contributed by atoms with van der Waals surface area (Å²) in [6, 6.07) is 0. The first-order chi connectivity index (χ1) is 18.7. The molecule has 0 aromatic carbocycles. The van der Waals surface area contributed by atoms with Gasteiger partial charge in [0.25, 0.3) is 11.2 Å². The number of hydrogen-bond donors (Lipinski definition) is 0. The van der Waals surface area contributed by atoms with Gasteiger partial charge >= 0.3 is 24.7 Å². The van der Waals surface area contributed by atoms with E-state index in [9.17, 15) is 52.7 Å². The van der Waals surface area contributed by atoms with E-state index in [1.165, 1.54) is 6.92 Å². The highest BCUT2D eigenvalue weighted by Crippen LogP contribution is 2.59. The van der Waals surface area contributed by atoms with Crippen molar-refractivity contribution >= 4 is 0 Å². The number of halogens is 12. The second-order valence-corrected chi connectivity index (χ2v) is 11.1. The van der Waals surface area contributed by atoms with Gasteiger partial charge in [-0.05, 0) is 51.4 Å². The van der Waals surface area contributed by atoms with Crippen LogP contribution in [0.25, 0.3) is 0 Å². The molecule has 3 nitrogen and oxygen atoms in total. The molecule has 0 aromatic rings. The molecule has 0 bridgehead atoms. The maximum Gasteiger partial charge on any atom is 0.426 e. The third kappa shape index (κ3) is 7.96. The third-order valence-electron chi connectivity index (χ3n) is 8.53. The fourth-order valence-corrected chi connectivity index (χ4v) is 6.15. The molecule has 0 aliphatic heterocycles. The predicted molar refractivity (Wildman–Crippen MR) is 124 cm³/mol. The Morgan fingerprint density at radius 1 is 0.561 bits per heavy atom. The maximum absolute atomic E-state index is 14.2. The maximum atomic E-state index is 14.2. The first-order valence-corrected chi connectivity index (χ1v) is 13.9. The molecule has 0 saturated heterocycles. The average Bonchev–Trinajstić information content (AvgIpc) is 2.84. The molecule has 0 radical (unpaired) electrons. The van der Waals surface area contributed by atoms with Crippen LogP contribution in [0.4, 0.5) is 52.7 Å². The second kappa shape index (κ2) is 13.8. The largest absolute Gasteiger partial charge is 0.426 e. The normalized spacial score (nSPS) is 23.6. The zero-order valence-electron chi connectivity index (χ0n) is 23.0. The summed E-state index contributed by atoms with van der Waals surface area (Å²) < 4.78 is 184. The molecule has 41 heavy (non-hydrogen) atoms. The van der Waals surface area contributed by atoms with Crippen LogP contribution in [-0.4, -0.2) is 61.8 Å². The van der Waals surface area contributed by atoms with Crippen molar-refractivity contribution in [1.82, 2.24) is 0 Å². The van der Waals surface area contributed by atoms with E-state index in [4.69, 9.17) is 4.74 Å². The van der Waals surface area contributed by atoms with Crippen molar-refractivity contribution in [2.24, 2.45) is 17.8 Å². The number of hydrogen-bond acceptors (Lipinski definition) is 3. The molecule has 2 fully saturated rings. The van der Waals surface area contributed by atoms with E-state index in [0.29, 0.717) is 19.3 Å². The van der Waals surface area contributed by atoms with Crippen LogP contribution in [0.2, 0.25) is 0 Å². The minimum Gasteiger partial charge on any atom is -0.376 e. The zero-order chi connectivity index (χ0) is 31.3. The topological polar surface area (TPSA) is 27.7 Å². The number of rotatable bonds is 12. The predicted octanol–water partition coefficient (Wildman–Crippen LogP) is 9.34. The molecular formula is C26H38F12O3.